The van der Waals surface area contributed by atoms with E-state index in [2.05, 4.69) is 207 Å². The number of nitrogens with zero attached hydrogens (tertiary/aromatic N) is 1. The Hall–Kier alpha value is -6.44. The quantitative estimate of drug-likeness (QED) is 0.168. The highest BCUT2D eigenvalue weighted by Crippen LogP contribution is 2.52. The smallest absolute Gasteiger partial charge is 0.0465 e. The maximum Gasteiger partial charge on any atom is 0.0465 e. The van der Waals surface area contributed by atoms with Gasteiger partial charge in [0.1, 0.15) is 0 Å². The molecule has 0 aromatic heterocycles. The highest BCUT2D eigenvalue weighted by Gasteiger charge is 2.37. The predicted molar refractivity (Wildman–Crippen MR) is 231 cm³/mol. The fourth-order valence-electron chi connectivity index (χ4n) is 9.06. The fraction of sp³-hybridized carbons (Fsp3) is 0.0943. The molecule has 54 heavy (non-hydrogen) atoms. The Morgan fingerprint density at radius 1 is 0.463 bits per heavy atom. The van der Waals surface area contributed by atoms with Crippen molar-refractivity contribution in [3.8, 4) is 33.4 Å². The lowest BCUT2D eigenvalue weighted by molar-refractivity contribution is 0.651. The molecular weight excluding hydrogens is 651 g/mol. The van der Waals surface area contributed by atoms with E-state index in [1.165, 1.54) is 82.9 Å². The Bertz CT molecular complexity index is 2760. The van der Waals surface area contributed by atoms with E-state index in [1.807, 2.05) is 0 Å². The van der Waals surface area contributed by atoms with Gasteiger partial charge in [-0.25, -0.2) is 0 Å². The number of allylic oxidation sites excluding steroid dienone is 4. The molecule has 0 aliphatic heterocycles. The van der Waals surface area contributed by atoms with Gasteiger partial charge in [-0.2, -0.15) is 0 Å². The van der Waals surface area contributed by atoms with Gasteiger partial charge in [-0.05, 0) is 126 Å². The van der Waals surface area contributed by atoms with Crippen LogP contribution in [0.2, 0.25) is 0 Å². The molecule has 1 nitrogen and oxygen atoms in total. The van der Waals surface area contributed by atoms with Crippen LogP contribution in [0.3, 0.4) is 0 Å². The summed E-state index contributed by atoms with van der Waals surface area (Å²) in [4.78, 5) is 2.43. The van der Waals surface area contributed by atoms with Crippen LogP contribution < -0.4 is 4.90 Å². The Labute approximate surface area is 318 Å². The summed E-state index contributed by atoms with van der Waals surface area (Å²) in [5.41, 5.74) is 16.6. The highest BCUT2D eigenvalue weighted by molar-refractivity contribution is 6.04. The first-order valence-electron chi connectivity index (χ1n) is 19.2. The average molecular weight is 692 g/mol. The van der Waals surface area contributed by atoms with Gasteiger partial charge < -0.3 is 4.90 Å². The number of fused-ring (bicyclic) bond motifs is 4. The van der Waals surface area contributed by atoms with E-state index in [-0.39, 0.29) is 5.41 Å². The second-order valence-corrected chi connectivity index (χ2v) is 15.2. The van der Waals surface area contributed by atoms with Crippen LogP contribution in [0.5, 0.6) is 0 Å². The van der Waals surface area contributed by atoms with E-state index < -0.39 is 0 Å². The van der Waals surface area contributed by atoms with Gasteiger partial charge in [0, 0.05) is 22.5 Å². The van der Waals surface area contributed by atoms with E-state index in [0.717, 1.165) is 24.2 Å². The second kappa shape index (κ2) is 12.9. The lowest BCUT2D eigenvalue weighted by Crippen LogP contribution is -2.18. The first-order chi connectivity index (χ1) is 26.5. The number of hydrogen-bond acceptors (Lipinski definition) is 1. The molecule has 0 fully saturated rings. The normalized spacial score (nSPS) is 14.3. The van der Waals surface area contributed by atoms with Crippen LogP contribution in [0.4, 0.5) is 17.1 Å². The summed E-state index contributed by atoms with van der Waals surface area (Å²) >= 11 is 0. The maximum atomic E-state index is 2.45. The van der Waals surface area contributed by atoms with E-state index >= 15 is 0 Å². The van der Waals surface area contributed by atoms with Crippen molar-refractivity contribution in [2.45, 2.75) is 32.1 Å². The molecule has 0 unspecified atom stereocenters. The summed E-state index contributed by atoms with van der Waals surface area (Å²) in [6.45, 7) is 4.78. The van der Waals surface area contributed by atoms with Gasteiger partial charge in [-0.15, -0.1) is 0 Å². The standard InChI is InChI=1S/C53H41N/c1-53(2)50-22-11-10-20-48(50)49-34-32-43(35-51(49)53)54(41-28-23-38(24-29-41)45-21-12-17-36-13-6-8-18-44(36)45)42-30-25-39(26-31-42)47-33-27-37-14-7-9-19-46(37)52(47)40-15-4-3-5-16-40/h3-9,11-19,21-35H,10,20H2,1-2H3. The minimum absolute atomic E-state index is 0.0464. The third-order valence-corrected chi connectivity index (χ3v) is 11.8. The second-order valence-electron chi connectivity index (χ2n) is 15.2. The molecule has 258 valence electrons. The molecule has 8 aromatic carbocycles. The van der Waals surface area contributed by atoms with Crippen LogP contribution in [0, 0.1) is 0 Å². The van der Waals surface area contributed by atoms with Crippen molar-refractivity contribution in [3.05, 3.63) is 205 Å². The molecule has 2 aliphatic rings. The molecule has 0 bridgehead atoms. The topological polar surface area (TPSA) is 3.24 Å². The molecule has 0 N–H and O–H groups in total. The number of anilines is 3. The van der Waals surface area contributed by atoms with Crippen molar-refractivity contribution in [2.75, 3.05) is 4.90 Å². The lowest BCUT2D eigenvalue weighted by Gasteiger charge is -2.29. The fourth-order valence-corrected chi connectivity index (χ4v) is 9.06. The zero-order valence-electron chi connectivity index (χ0n) is 30.8. The molecule has 0 saturated heterocycles. The molecule has 8 aromatic rings. The zero-order valence-corrected chi connectivity index (χ0v) is 30.8. The van der Waals surface area contributed by atoms with Gasteiger partial charge in [0.25, 0.3) is 0 Å². The molecule has 10 rings (SSSR count). The molecule has 0 atom stereocenters. The summed E-state index contributed by atoms with van der Waals surface area (Å²) in [5.74, 6) is 0. The third kappa shape index (κ3) is 5.31. The molecular formula is C53H41N. The zero-order chi connectivity index (χ0) is 36.2. The Balaban J connectivity index is 1.10. The minimum atomic E-state index is -0.0464. The minimum Gasteiger partial charge on any atom is -0.310 e. The monoisotopic (exact) mass is 691 g/mol. The Kier molecular flexibility index (Phi) is 7.70. The Morgan fingerprint density at radius 3 is 1.80 bits per heavy atom. The lowest BCUT2D eigenvalue weighted by atomic mass is 9.80. The maximum absolute atomic E-state index is 2.45. The summed E-state index contributed by atoms with van der Waals surface area (Å²) in [7, 11) is 0. The summed E-state index contributed by atoms with van der Waals surface area (Å²) in [6, 6.07) is 64.8. The Morgan fingerprint density at radius 2 is 1.06 bits per heavy atom. The van der Waals surface area contributed by atoms with Crippen LogP contribution in [0.15, 0.2) is 194 Å². The van der Waals surface area contributed by atoms with E-state index in [9.17, 15) is 0 Å². The number of rotatable bonds is 6. The van der Waals surface area contributed by atoms with Gasteiger partial charge in [-0.3, -0.25) is 0 Å². The van der Waals surface area contributed by atoms with Crippen LogP contribution in [-0.4, -0.2) is 0 Å². The van der Waals surface area contributed by atoms with Crippen molar-refractivity contribution >= 4 is 44.2 Å². The van der Waals surface area contributed by atoms with Gasteiger partial charge in [0.15, 0.2) is 0 Å². The summed E-state index contributed by atoms with van der Waals surface area (Å²) in [5, 5.41) is 5.05. The number of hydrogen-bond donors (Lipinski definition) is 0. The van der Waals surface area contributed by atoms with Crippen molar-refractivity contribution in [3.63, 3.8) is 0 Å². The van der Waals surface area contributed by atoms with Gasteiger partial charge in [0.2, 0.25) is 0 Å². The van der Waals surface area contributed by atoms with Crippen LogP contribution in [-0.2, 0) is 5.41 Å². The first-order valence-corrected chi connectivity index (χ1v) is 19.2. The van der Waals surface area contributed by atoms with Crippen molar-refractivity contribution in [2.24, 2.45) is 0 Å². The van der Waals surface area contributed by atoms with Crippen LogP contribution >= 0.6 is 0 Å². The molecule has 0 saturated carbocycles. The molecule has 0 heterocycles. The van der Waals surface area contributed by atoms with Crippen molar-refractivity contribution < 1.29 is 0 Å². The van der Waals surface area contributed by atoms with E-state index in [1.54, 1.807) is 0 Å². The van der Waals surface area contributed by atoms with E-state index in [0.29, 0.717) is 0 Å². The van der Waals surface area contributed by atoms with Gasteiger partial charge >= 0.3 is 0 Å². The van der Waals surface area contributed by atoms with Crippen molar-refractivity contribution in [1.82, 2.24) is 0 Å². The van der Waals surface area contributed by atoms with Gasteiger partial charge in [0.05, 0.1) is 0 Å². The summed E-state index contributed by atoms with van der Waals surface area (Å²) in [6.07, 6.45) is 6.94. The molecule has 0 radical (unpaired) electrons. The largest absolute Gasteiger partial charge is 0.310 e. The summed E-state index contributed by atoms with van der Waals surface area (Å²) < 4.78 is 0. The highest BCUT2D eigenvalue weighted by atomic mass is 15.1. The third-order valence-electron chi connectivity index (χ3n) is 11.8. The van der Waals surface area contributed by atoms with Crippen molar-refractivity contribution in [1.29, 1.82) is 0 Å². The van der Waals surface area contributed by atoms with Gasteiger partial charge in [-0.1, -0.05) is 166 Å². The van der Waals surface area contributed by atoms with Crippen LogP contribution in [0.25, 0.3) is 60.5 Å². The average Bonchev–Trinajstić information content (AvgIpc) is 3.46. The van der Waals surface area contributed by atoms with E-state index in [4.69, 9.17) is 0 Å². The molecule has 0 spiro atoms. The molecule has 2 aliphatic carbocycles. The SMILES string of the molecule is CC1(C)C2=C(CCC=C2)c2ccc(N(c3ccc(-c4ccc5ccccc5c4-c4ccccc4)cc3)c3ccc(-c4cccc5ccccc45)cc3)cc21. The molecule has 1 heteroatoms. The van der Waals surface area contributed by atoms with Crippen LogP contribution in [0.1, 0.15) is 37.8 Å². The first kappa shape index (κ1) is 32.2. The predicted octanol–water partition coefficient (Wildman–Crippen LogP) is 14.9. The molecule has 0 amide bonds. The number of benzene rings is 8.